The first-order valence-electron chi connectivity index (χ1n) is 6.55. The second-order valence-electron chi connectivity index (χ2n) is 5.10. The van der Waals surface area contributed by atoms with Crippen LogP contribution in [0.25, 0.3) is 0 Å². The quantitative estimate of drug-likeness (QED) is 0.774. The van der Waals surface area contributed by atoms with Crippen LogP contribution in [0.4, 0.5) is 10.1 Å². The molecule has 0 aliphatic carbocycles. The number of halogens is 2. The van der Waals surface area contributed by atoms with E-state index in [0.717, 1.165) is 18.5 Å². The standard InChI is InChI=1S/C14H15BrFNO3/c1-19-14(18)10-4-12(16)11(15)5-13(10)17-8-2-3-9(17)7-20-6-8/h4-5,8-9H,2-3,6-7H2,1H3. The number of methoxy groups -OCH3 is 1. The summed E-state index contributed by atoms with van der Waals surface area (Å²) in [6.07, 6.45) is 2.06. The number of fused-ring (bicyclic) bond motifs is 2. The van der Waals surface area contributed by atoms with Gasteiger partial charge in [-0.05, 0) is 40.9 Å². The lowest BCUT2D eigenvalue weighted by Crippen LogP contribution is -2.46. The number of hydrogen-bond donors (Lipinski definition) is 0. The fourth-order valence-electron chi connectivity index (χ4n) is 3.05. The van der Waals surface area contributed by atoms with Crippen molar-refractivity contribution < 1.29 is 18.7 Å². The van der Waals surface area contributed by atoms with Gasteiger partial charge in [0.05, 0.1) is 48.1 Å². The lowest BCUT2D eigenvalue weighted by Gasteiger charge is -2.37. The number of nitrogens with zero attached hydrogens (tertiary/aromatic N) is 1. The van der Waals surface area contributed by atoms with Crippen LogP contribution in [0.1, 0.15) is 23.2 Å². The number of morpholine rings is 1. The number of rotatable bonds is 2. The lowest BCUT2D eigenvalue weighted by molar-refractivity contribution is 0.0598. The Labute approximate surface area is 125 Å². The first-order valence-corrected chi connectivity index (χ1v) is 7.34. The molecule has 2 aliphatic rings. The van der Waals surface area contributed by atoms with E-state index in [4.69, 9.17) is 9.47 Å². The van der Waals surface area contributed by atoms with Crippen molar-refractivity contribution in [2.45, 2.75) is 24.9 Å². The van der Waals surface area contributed by atoms with Crippen molar-refractivity contribution in [3.05, 3.63) is 28.0 Å². The molecule has 2 unspecified atom stereocenters. The Morgan fingerprint density at radius 1 is 1.40 bits per heavy atom. The molecule has 0 spiro atoms. The Kier molecular flexibility index (Phi) is 3.69. The lowest BCUT2D eigenvalue weighted by atomic mass is 10.1. The molecule has 6 heteroatoms. The molecule has 20 heavy (non-hydrogen) atoms. The third-order valence-electron chi connectivity index (χ3n) is 3.96. The zero-order valence-electron chi connectivity index (χ0n) is 11.1. The zero-order valence-corrected chi connectivity index (χ0v) is 12.7. The Morgan fingerprint density at radius 2 is 2.05 bits per heavy atom. The van der Waals surface area contributed by atoms with E-state index in [2.05, 4.69) is 20.8 Å². The van der Waals surface area contributed by atoms with Gasteiger partial charge in [-0.3, -0.25) is 0 Å². The minimum Gasteiger partial charge on any atom is -0.465 e. The van der Waals surface area contributed by atoms with Gasteiger partial charge in [0.25, 0.3) is 0 Å². The zero-order chi connectivity index (χ0) is 14.3. The molecule has 3 rings (SSSR count). The third kappa shape index (κ3) is 2.20. The highest BCUT2D eigenvalue weighted by Crippen LogP contribution is 2.38. The predicted molar refractivity (Wildman–Crippen MR) is 75.5 cm³/mol. The van der Waals surface area contributed by atoms with E-state index in [1.165, 1.54) is 13.2 Å². The van der Waals surface area contributed by atoms with Crippen molar-refractivity contribution in [3.63, 3.8) is 0 Å². The molecule has 2 bridgehead atoms. The van der Waals surface area contributed by atoms with Gasteiger partial charge >= 0.3 is 5.97 Å². The van der Waals surface area contributed by atoms with Crippen LogP contribution in [0.5, 0.6) is 0 Å². The van der Waals surface area contributed by atoms with Crippen LogP contribution in [-0.2, 0) is 9.47 Å². The summed E-state index contributed by atoms with van der Waals surface area (Å²) < 4.78 is 24.4. The van der Waals surface area contributed by atoms with Gasteiger partial charge in [0.2, 0.25) is 0 Å². The maximum atomic E-state index is 13.7. The van der Waals surface area contributed by atoms with Crippen LogP contribution in [0.2, 0.25) is 0 Å². The van der Waals surface area contributed by atoms with E-state index >= 15 is 0 Å². The summed E-state index contributed by atoms with van der Waals surface area (Å²) in [7, 11) is 1.31. The van der Waals surface area contributed by atoms with E-state index in [9.17, 15) is 9.18 Å². The summed E-state index contributed by atoms with van der Waals surface area (Å²) in [6.45, 7) is 1.29. The molecule has 0 aromatic heterocycles. The molecule has 1 aromatic rings. The van der Waals surface area contributed by atoms with Gasteiger partial charge in [-0.2, -0.15) is 0 Å². The van der Waals surface area contributed by atoms with Crippen molar-refractivity contribution in [2.75, 3.05) is 25.2 Å². The molecular weight excluding hydrogens is 329 g/mol. The molecule has 2 heterocycles. The molecule has 2 fully saturated rings. The summed E-state index contributed by atoms with van der Waals surface area (Å²) in [5, 5.41) is 0. The van der Waals surface area contributed by atoms with Gasteiger partial charge in [0.15, 0.2) is 0 Å². The van der Waals surface area contributed by atoms with Crippen LogP contribution in [0.3, 0.4) is 0 Å². The smallest absolute Gasteiger partial charge is 0.340 e. The van der Waals surface area contributed by atoms with Gasteiger partial charge < -0.3 is 14.4 Å². The number of benzene rings is 1. The number of carbonyl (C=O) groups excluding carboxylic acids is 1. The molecule has 0 N–H and O–H groups in total. The van der Waals surface area contributed by atoms with E-state index in [-0.39, 0.29) is 17.6 Å². The maximum Gasteiger partial charge on any atom is 0.340 e. The monoisotopic (exact) mass is 343 g/mol. The van der Waals surface area contributed by atoms with E-state index < -0.39 is 11.8 Å². The number of ether oxygens (including phenoxy) is 2. The maximum absolute atomic E-state index is 13.7. The van der Waals surface area contributed by atoms with Crippen molar-refractivity contribution in [1.29, 1.82) is 0 Å². The number of anilines is 1. The molecule has 4 nitrogen and oxygen atoms in total. The predicted octanol–water partition coefficient (Wildman–Crippen LogP) is 2.74. The van der Waals surface area contributed by atoms with Crippen LogP contribution in [-0.4, -0.2) is 38.4 Å². The summed E-state index contributed by atoms with van der Waals surface area (Å²) in [4.78, 5) is 14.1. The summed E-state index contributed by atoms with van der Waals surface area (Å²) in [5.74, 6) is -0.980. The highest BCUT2D eigenvalue weighted by Gasteiger charge is 2.39. The summed E-state index contributed by atoms with van der Waals surface area (Å²) in [6, 6.07) is 3.39. The van der Waals surface area contributed by atoms with E-state index in [1.54, 1.807) is 6.07 Å². The molecule has 0 saturated carbocycles. The minimum atomic E-state index is -0.516. The van der Waals surface area contributed by atoms with Crippen molar-refractivity contribution >= 4 is 27.6 Å². The first kappa shape index (κ1) is 13.8. The fraction of sp³-hybridized carbons (Fsp3) is 0.500. The molecular formula is C14H15BrFNO3. The SMILES string of the molecule is COC(=O)c1cc(F)c(Br)cc1N1C2CCC1COC2. The van der Waals surface area contributed by atoms with Gasteiger partial charge in [-0.1, -0.05) is 0 Å². The molecule has 0 radical (unpaired) electrons. The van der Waals surface area contributed by atoms with Crippen LogP contribution in [0.15, 0.2) is 16.6 Å². The highest BCUT2D eigenvalue weighted by molar-refractivity contribution is 9.10. The normalized spacial score (nSPS) is 24.9. The number of carbonyl (C=O) groups is 1. The molecule has 0 amide bonds. The topological polar surface area (TPSA) is 38.8 Å². The second kappa shape index (κ2) is 5.33. The Hall–Kier alpha value is -1.14. The fourth-order valence-corrected chi connectivity index (χ4v) is 3.38. The molecule has 2 aliphatic heterocycles. The van der Waals surface area contributed by atoms with Gasteiger partial charge in [0.1, 0.15) is 5.82 Å². The van der Waals surface area contributed by atoms with Crippen molar-refractivity contribution in [2.24, 2.45) is 0 Å². The van der Waals surface area contributed by atoms with Crippen LogP contribution in [0, 0.1) is 5.82 Å². The van der Waals surface area contributed by atoms with Crippen molar-refractivity contribution in [3.8, 4) is 0 Å². The van der Waals surface area contributed by atoms with Crippen LogP contribution >= 0.6 is 15.9 Å². The summed E-state index contributed by atoms with van der Waals surface area (Å²) in [5.41, 5.74) is 0.993. The van der Waals surface area contributed by atoms with Gasteiger partial charge in [-0.15, -0.1) is 0 Å². The minimum absolute atomic E-state index is 0.245. The molecule has 108 valence electrons. The molecule has 1 aromatic carbocycles. The average Bonchev–Trinajstić information content (AvgIpc) is 2.69. The number of esters is 1. The highest BCUT2D eigenvalue weighted by atomic mass is 79.9. The third-order valence-corrected chi connectivity index (χ3v) is 4.57. The Bertz CT molecular complexity index is 535. The van der Waals surface area contributed by atoms with E-state index in [0.29, 0.717) is 17.7 Å². The van der Waals surface area contributed by atoms with Gasteiger partial charge in [-0.25, -0.2) is 9.18 Å². The van der Waals surface area contributed by atoms with Crippen molar-refractivity contribution in [1.82, 2.24) is 0 Å². The van der Waals surface area contributed by atoms with Gasteiger partial charge in [0, 0.05) is 0 Å². The summed E-state index contributed by atoms with van der Waals surface area (Å²) >= 11 is 3.19. The van der Waals surface area contributed by atoms with Crippen LogP contribution < -0.4 is 4.90 Å². The Balaban J connectivity index is 2.08. The molecule has 2 saturated heterocycles. The first-order chi connectivity index (χ1) is 9.61. The molecule has 2 atom stereocenters. The van der Waals surface area contributed by atoms with E-state index in [1.807, 2.05) is 0 Å². The second-order valence-corrected chi connectivity index (χ2v) is 5.96. The average molecular weight is 344 g/mol. The Morgan fingerprint density at radius 3 is 2.65 bits per heavy atom. The largest absolute Gasteiger partial charge is 0.465 e. The number of hydrogen-bond acceptors (Lipinski definition) is 4.